The number of H-pyrrole nitrogens is 1. The van der Waals surface area contributed by atoms with E-state index in [4.69, 9.17) is 0 Å². The van der Waals surface area contributed by atoms with Gasteiger partial charge in [-0.2, -0.15) is 0 Å². The molecule has 0 saturated carbocycles. The van der Waals surface area contributed by atoms with Crippen LogP contribution in [0.25, 0.3) is 11.6 Å². The molecule has 2 saturated heterocycles. The number of anilines is 1. The molecule has 43 heavy (non-hydrogen) atoms. The van der Waals surface area contributed by atoms with E-state index in [0.717, 1.165) is 61.8 Å². The van der Waals surface area contributed by atoms with Crippen molar-refractivity contribution in [2.24, 2.45) is 0 Å². The van der Waals surface area contributed by atoms with Crippen LogP contribution in [-0.4, -0.2) is 89.8 Å². The van der Waals surface area contributed by atoms with Crippen LogP contribution in [0.3, 0.4) is 0 Å². The van der Waals surface area contributed by atoms with Crippen molar-refractivity contribution in [1.29, 1.82) is 0 Å². The second-order valence-corrected chi connectivity index (χ2v) is 12.0. The number of carbonyl (C=O) groups is 3. The van der Waals surface area contributed by atoms with E-state index in [1.807, 2.05) is 49.1 Å². The summed E-state index contributed by atoms with van der Waals surface area (Å²) in [6.07, 6.45) is 4.17. The fraction of sp³-hybridized carbons (Fsp3) is 0.382. The molecule has 3 amide bonds. The SMILES string of the molecule is Cc1[nH]c(/C=C2\C(=O)Nc3ccc(C(=O)NCc4ccccc4)cc32)c(C)c1C(=O)N1CCN(C2CCN(C)CC2)CC1. The summed E-state index contributed by atoms with van der Waals surface area (Å²) in [6.45, 7) is 9.77. The molecule has 2 aromatic carbocycles. The number of fused-ring (bicyclic) bond motifs is 1. The highest BCUT2D eigenvalue weighted by molar-refractivity contribution is 6.35. The van der Waals surface area contributed by atoms with Crippen molar-refractivity contribution in [3.63, 3.8) is 0 Å². The van der Waals surface area contributed by atoms with Crippen LogP contribution in [0.1, 0.15) is 61.6 Å². The second kappa shape index (κ2) is 12.2. The first kappa shape index (κ1) is 28.9. The van der Waals surface area contributed by atoms with Gasteiger partial charge in [0, 0.05) is 67.0 Å². The highest BCUT2D eigenvalue weighted by atomic mass is 16.2. The van der Waals surface area contributed by atoms with E-state index < -0.39 is 0 Å². The van der Waals surface area contributed by atoms with E-state index >= 15 is 0 Å². The Bertz CT molecular complexity index is 1560. The van der Waals surface area contributed by atoms with E-state index in [1.54, 1.807) is 24.3 Å². The molecule has 2 fully saturated rings. The molecule has 4 heterocycles. The molecule has 0 bridgehead atoms. The quantitative estimate of drug-likeness (QED) is 0.384. The first-order chi connectivity index (χ1) is 20.8. The van der Waals surface area contributed by atoms with Crippen molar-refractivity contribution >= 4 is 35.1 Å². The number of hydrogen-bond acceptors (Lipinski definition) is 5. The lowest BCUT2D eigenvalue weighted by Crippen LogP contribution is -2.54. The first-order valence-corrected chi connectivity index (χ1v) is 15.2. The predicted molar refractivity (Wildman–Crippen MR) is 169 cm³/mol. The van der Waals surface area contributed by atoms with Crippen LogP contribution < -0.4 is 10.6 Å². The van der Waals surface area contributed by atoms with Gasteiger partial charge < -0.3 is 25.4 Å². The number of aromatic amines is 1. The highest BCUT2D eigenvalue weighted by Crippen LogP contribution is 2.35. The maximum atomic E-state index is 13.7. The van der Waals surface area contributed by atoms with E-state index in [2.05, 4.69) is 32.5 Å². The Morgan fingerprint density at radius 1 is 0.977 bits per heavy atom. The third kappa shape index (κ3) is 6.00. The van der Waals surface area contributed by atoms with Crippen LogP contribution >= 0.6 is 0 Å². The maximum Gasteiger partial charge on any atom is 0.256 e. The van der Waals surface area contributed by atoms with Crippen LogP contribution in [0.5, 0.6) is 0 Å². The molecule has 9 nitrogen and oxygen atoms in total. The summed E-state index contributed by atoms with van der Waals surface area (Å²) in [5.41, 5.74) is 6.30. The Balaban J connectivity index is 1.17. The average molecular weight is 581 g/mol. The van der Waals surface area contributed by atoms with Crippen molar-refractivity contribution in [2.75, 3.05) is 51.6 Å². The van der Waals surface area contributed by atoms with E-state index in [1.165, 1.54) is 12.8 Å². The van der Waals surface area contributed by atoms with Gasteiger partial charge in [0.1, 0.15) is 0 Å². The van der Waals surface area contributed by atoms with Crippen molar-refractivity contribution in [2.45, 2.75) is 39.3 Å². The molecule has 3 aliphatic heterocycles. The molecular formula is C34H40N6O3. The molecule has 3 aliphatic rings. The van der Waals surface area contributed by atoms with Gasteiger partial charge in [0.2, 0.25) is 0 Å². The molecule has 0 unspecified atom stereocenters. The normalized spacial score (nSPS) is 19.0. The summed E-state index contributed by atoms with van der Waals surface area (Å²) >= 11 is 0. The molecule has 0 spiro atoms. The largest absolute Gasteiger partial charge is 0.358 e. The topological polar surface area (TPSA) is 101 Å². The van der Waals surface area contributed by atoms with Crippen LogP contribution in [0, 0.1) is 13.8 Å². The number of piperidine rings is 1. The molecule has 0 aliphatic carbocycles. The van der Waals surface area contributed by atoms with Gasteiger partial charge in [0.15, 0.2) is 0 Å². The standard InChI is InChI=1S/C34H40N6O3/c1-22-30(36-23(2)31(22)34(43)40-17-15-39(16-18-40)26-11-13-38(3)14-12-26)20-28-27-19-25(9-10-29(27)37-33(28)42)32(41)35-21-24-7-5-4-6-8-24/h4-10,19-20,26,36H,11-18,21H2,1-3H3,(H,35,41)(H,37,42)/b28-20-. The van der Waals surface area contributed by atoms with Gasteiger partial charge in [-0.15, -0.1) is 0 Å². The number of nitrogens with one attached hydrogen (secondary N) is 3. The number of likely N-dealkylation sites (tertiary alicyclic amines) is 1. The number of aromatic nitrogens is 1. The number of hydrogen-bond donors (Lipinski definition) is 3. The fourth-order valence-electron chi connectivity index (χ4n) is 6.54. The average Bonchev–Trinajstić information content (AvgIpc) is 3.49. The van der Waals surface area contributed by atoms with Gasteiger partial charge in [-0.3, -0.25) is 19.3 Å². The summed E-state index contributed by atoms with van der Waals surface area (Å²) in [5.74, 6) is -0.407. The minimum absolute atomic E-state index is 0.0348. The van der Waals surface area contributed by atoms with E-state index in [9.17, 15) is 14.4 Å². The molecule has 1 aromatic heterocycles. The zero-order valence-electron chi connectivity index (χ0n) is 25.2. The minimum Gasteiger partial charge on any atom is -0.358 e. The minimum atomic E-state index is -0.235. The third-order valence-electron chi connectivity index (χ3n) is 9.15. The van der Waals surface area contributed by atoms with Crippen LogP contribution in [-0.2, 0) is 11.3 Å². The molecule has 0 radical (unpaired) electrons. The monoisotopic (exact) mass is 580 g/mol. The summed E-state index contributed by atoms with van der Waals surface area (Å²) in [6, 6.07) is 15.6. The van der Waals surface area contributed by atoms with Gasteiger partial charge in [-0.1, -0.05) is 30.3 Å². The molecule has 3 N–H and O–H groups in total. The number of amides is 3. The smallest absolute Gasteiger partial charge is 0.256 e. The lowest BCUT2D eigenvalue weighted by atomic mass is 10.0. The number of piperazine rings is 1. The van der Waals surface area contributed by atoms with Crippen LogP contribution in [0.4, 0.5) is 5.69 Å². The molecule has 9 heteroatoms. The van der Waals surface area contributed by atoms with Gasteiger partial charge in [0.25, 0.3) is 17.7 Å². The zero-order valence-corrected chi connectivity index (χ0v) is 25.2. The number of rotatable bonds is 6. The second-order valence-electron chi connectivity index (χ2n) is 12.0. The summed E-state index contributed by atoms with van der Waals surface area (Å²) < 4.78 is 0. The van der Waals surface area contributed by atoms with Gasteiger partial charge >= 0.3 is 0 Å². The Kier molecular flexibility index (Phi) is 8.19. The van der Waals surface area contributed by atoms with Crippen molar-refractivity contribution < 1.29 is 14.4 Å². The first-order valence-electron chi connectivity index (χ1n) is 15.2. The van der Waals surface area contributed by atoms with Crippen molar-refractivity contribution in [3.05, 3.63) is 87.7 Å². The Hall–Kier alpha value is -4.21. The molecule has 3 aromatic rings. The Morgan fingerprint density at radius 2 is 1.70 bits per heavy atom. The molecular weight excluding hydrogens is 540 g/mol. The molecule has 0 atom stereocenters. The summed E-state index contributed by atoms with van der Waals surface area (Å²) in [5, 5.41) is 5.86. The number of carbonyl (C=O) groups excluding carboxylic acids is 3. The number of benzene rings is 2. The van der Waals surface area contributed by atoms with Crippen LogP contribution in [0.2, 0.25) is 0 Å². The highest BCUT2D eigenvalue weighted by Gasteiger charge is 2.31. The van der Waals surface area contributed by atoms with Gasteiger partial charge in [0.05, 0.1) is 11.1 Å². The van der Waals surface area contributed by atoms with Crippen molar-refractivity contribution in [1.82, 2.24) is 25.0 Å². The Morgan fingerprint density at radius 3 is 2.42 bits per heavy atom. The number of nitrogens with zero attached hydrogens (tertiary/aromatic N) is 3. The lowest BCUT2D eigenvalue weighted by molar-refractivity contribution is -0.110. The van der Waals surface area contributed by atoms with Crippen LogP contribution in [0.15, 0.2) is 48.5 Å². The maximum absolute atomic E-state index is 13.7. The summed E-state index contributed by atoms with van der Waals surface area (Å²) in [7, 11) is 2.18. The lowest BCUT2D eigenvalue weighted by Gasteiger charge is -2.42. The number of aryl methyl sites for hydroxylation is 1. The fourth-order valence-corrected chi connectivity index (χ4v) is 6.54. The predicted octanol–water partition coefficient (Wildman–Crippen LogP) is 3.91. The van der Waals surface area contributed by atoms with E-state index in [0.29, 0.717) is 40.5 Å². The molecule has 6 rings (SSSR count). The third-order valence-corrected chi connectivity index (χ3v) is 9.15. The van der Waals surface area contributed by atoms with Crippen molar-refractivity contribution in [3.8, 4) is 0 Å². The van der Waals surface area contributed by atoms with Gasteiger partial charge in [-0.05, 0) is 82.2 Å². The van der Waals surface area contributed by atoms with E-state index in [-0.39, 0.29) is 17.7 Å². The Labute approximate surface area is 252 Å². The molecule has 224 valence electrons. The zero-order chi connectivity index (χ0) is 30.1. The summed E-state index contributed by atoms with van der Waals surface area (Å²) in [4.78, 5) is 49.9. The van der Waals surface area contributed by atoms with Gasteiger partial charge in [-0.25, -0.2) is 0 Å².